The average molecular weight is 394 g/mol. The number of anilines is 1. The molecule has 0 atom stereocenters. The molecule has 24 heavy (non-hydrogen) atoms. The van der Waals surface area contributed by atoms with Gasteiger partial charge in [-0.25, -0.2) is 4.79 Å². The second-order valence-corrected chi connectivity index (χ2v) is 7.90. The highest BCUT2D eigenvalue weighted by atomic mass is 79.9. The monoisotopic (exact) mass is 393 g/mol. The van der Waals surface area contributed by atoms with E-state index >= 15 is 0 Å². The van der Waals surface area contributed by atoms with Gasteiger partial charge >= 0.3 is 6.03 Å². The predicted octanol–water partition coefficient (Wildman–Crippen LogP) is 4.31. The van der Waals surface area contributed by atoms with E-state index in [0.717, 1.165) is 43.5 Å². The van der Waals surface area contributed by atoms with Crippen LogP contribution < -0.4 is 10.2 Å². The molecule has 5 heteroatoms. The highest BCUT2D eigenvalue weighted by molar-refractivity contribution is 9.10. The molecule has 2 amide bonds. The number of carbonyl (C=O) groups is 1. The average Bonchev–Trinajstić information content (AvgIpc) is 2.86. The Bertz CT molecular complexity index is 562. The number of hydrogen-bond donors (Lipinski definition) is 1. The van der Waals surface area contributed by atoms with E-state index in [9.17, 15) is 4.79 Å². The normalized spacial score (nSPS) is 19.9. The molecule has 132 valence electrons. The van der Waals surface area contributed by atoms with Crippen molar-refractivity contribution >= 4 is 27.6 Å². The van der Waals surface area contributed by atoms with Crippen molar-refractivity contribution in [3.05, 3.63) is 28.2 Å². The zero-order chi connectivity index (χ0) is 16.9. The number of aryl methyl sites for hydroxylation is 1. The summed E-state index contributed by atoms with van der Waals surface area (Å²) in [4.78, 5) is 16.8. The third kappa shape index (κ3) is 4.44. The first kappa shape index (κ1) is 17.6. The van der Waals surface area contributed by atoms with E-state index in [-0.39, 0.29) is 6.03 Å². The number of nitrogens with one attached hydrogen (secondary N) is 1. The van der Waals surface area contributed by atoms with Crippen LogP contribution in [0.4, 0.5) is 10.5 Å². The third-order valence-corrected chi connectivity index (χ3v) is 6.12. The molecule has 0 bridgehead atoms. The molecular formula is C19H28BrN3O. The van der Waals surface area contributed by atoms with E-state index in [1.807, 2.05) is 4.90 Å². The van der Waals surface area contributed by atoms with Crippen molar-refractivity contribution in [2.24, 2.45) is 0 Å². The van der Waals surface area contributed by atoms with Crippen LogP contribution in [0, 0.1) is 6.92 Å². The van der Waals surface area contributed by atoms with Gasteiger partial charge in [-0.1, -0.05) is 47.7 Å². The van der Waals surface area contributed by atoms with Crippen LogP contribution in [0.3, 0.4) is 0 Å². The summed E-state index contributed by atoms with van der Waals surface area (Å²) in [7, 11) is 0. The quantitative estimate of drug-likeness (QED) is 0.759. The minimum Gasteiger partial charge on any atom is -0.368 e. The highest BCUT2D eigenvalue weighted by Crippen LogP contribution is 2.24. The van der Waals surface area contributed by atoms with Gasteiger partial charge in [0.1, 0.15) is 0 Å². The lowest BCUT2D eigenvalue weighted by Crippen LogP contribution is -2.53. The molecule has 1 aliphatic carbocycles. The van der Waals surface area contributed by atoms with Gasteiger partial charge in [-0.15, -0.1) is 0 Å². The maximum Gasteiger partial charge on any atom is 0.317 e. The summed E-state index contributed by atoms with van der Waals surface area (Å²) >= 11 is 3.61. The Morgan fingerprint density at radius 2 is 1.75 bits per heavy atom. The molecule has 1 heterocycles. The van der Waals surface area contributed by atoms with Gasteiger partial charge in [-0.3, -0.25) is 0 Å². The first-order chi connectivity index (χ1) is 11.6. The van der Waals surface area contributed by atoms with E-state index in [1.54, 1.807) is 0 Å². The fourth-order valence-electron chi connectivity index (χ4n) is 3.64. The molecule has 0 unspecified atom stereocenters. The lowest BCUT2D eigenvalue weighted by Gasteiger charge is -2.37. The fraction of sp³-hybridized carbons (Fsp3) is 0.632. The van der Waals surface area contributed by atoms with Crippen LogP contribution in [0.25, 0.3) is 0 Å². The van der Waals surface area contributed by atoms with Crippen molar-refractivity contribution in [3.63, 3.8) is 0 Å². The number of carbonyl (C=O) groups excluding carboxylic acids is 1. The Kier molecular flexibility index (Phi) is 6.04. The highest BCUT2D eigenvalue weighted by Gasteiger charge is 2.23. The lowest BCUT2D eigenvalue weighted by atomic mass is 10.1. The molecule has 0 aromatic heterocycles. The van der Waals surface area contributed by atoms with Crippen molar-refractivity contribution < 1.29 is 4.79 Å². The maximum absolute atomic E-state index is 12.5. The summed E-state index contributed by atoms with van der Waals surface area (Å²) in [6.07, 6.45) is 7.42. The minimum atomic E-state index is 0.131. The molecule has 1 aromatic rings. The number of hydrogen-bond acceptors (Lipinski definition) is 2. The van der Waals surface area contributed by atoms with Crippen LogP contribution in [0.1, 0.15) is 44.1 Å². The third-order valence-electron chi connectivity index (χ3n) is 5.27. The number of benzene rings is 1. The van der Waals surface area contributed by atoms with Gasteiger partial charge < -0.3 is 15.1 Å². The van der Waals surface area contributed by atoms with Gasteiger partial charge in [-0.2, -0.15) is 0 Å². The van der Waals surface area contributed by atoms with Gasteiger partial charge in [0.15, 0.2) is 0 Å². The number of urea groups is 1. The van der Waals surface area contributed by atoms with Gasteiger partial charge in [-0.05, 0) is 37.5 Å². The van der Waals surface area contributed by atoms with E-state index in [1.165, 1.54) is 36.9 Å². The Hall–Kier alpha value is -1.23. The Labute approximate surface area is 153 Å². The summed E-state index contributed by atoms with van der Waals surface area (Å²) in [6.45, 7) is 5.49. The molecule has 2 aliphatic rings. The second-order valence-electron chi connectivity index (χ2n) is 7.05. The SMILES string of the molecule is Cc1ccc(N2CCN(C(=O)NC3CCCCCC3)CC2)cc1Br. The molecule has 1 aliphatic heterocycles. The molecular weight excluding hydrogens is 366 g/mol. The van der Waals surface area contributed by atoms with Crippen LogP contribution in [0.2, 0.25) is 0 Å². The Balaban J connectivity index is 1.50. The molecule has 3 rings (SSSR count). The molecule has 2 fully saturated rings. The maximum atomic E-state index is 12.5. The minimum absolute atomic E-state index is 0.131. The van der Waals surface area contributed by atoms with E-state index in [0.29, 0.717) is 6.04 Å². The van der Waals surface area contributed by atoms with E-state index in [2.05, 4.69) is 51.3 Å². The van der Waals surface area contributed by atoms with Crippen molar-refractivity contribution in [3.8, 4) is 0 Å². The Morgan fingerprint density at radius 3 is 2.38 bits per heavy atom. The van der Waals surface area contributed by atoms with Crippen molar-refractivity contribution in [1.82, 2.24) is 10.2 Å². The van der Waals surface area contributed by atoms with Crippen LogP contribution in [0.15, 0.2) is 22.7 Å². The fourth-order valence-corrected chi connectivity index (χ4v) is 4.00. The van der Waals surface area contributed by atoms with Crippen molar-refractivity contribution in [2.45, 2.75) is 51.5 Å². The van der Waals surface area contributed by atoms with E-state index < -0.39 is 0 Å². The number of rotatable bonds is 2. The molecule has 4 nitrogen and oxygen atoms in total. The molecule has 0 spiro atoms. The van der Waals surface area contributed by atoms with Crippen LogP contribution >= 0.6 is 15.9 Å². The smallest absolute Gasteiger partial charge is 0.317 e. The van der Waals surface area contributed by atoms with Crippen molar-refractivity contribution in [2.75, 3.05) is 31.1 Å². The first-order valence-electron chi connectivity index (χ1n) is 9.20. The lowest BCUT2D eigenvalue weighted by molar-refractivity contribution is 0.189. The van der Waals surface area contributed by atoms with Gasteiger partial charge in [0.2, 0.25) is 0 Å². The summed E-state index contributed by atoms with van der Waals surface area (Å²) in [5, 5.41) is 3.26. The number of nitrogens with zero attached hydrogens (tertiary/aromatic N) is 2. The molecule has 1 aromatic carbocycles. The Morgan fingerprint density at radius 1 is 1.08 bits per heavy atom. The summed E-state index contributed by atoms with van der Waals surface area (Å²) in [5.41, 5.74) is 2.48. The number of piperazine rings is 1. The molecule has 0 radical (unpaired) electrons. The summed E-state index contributed by atoms with van der Waals surface area (Å²) in [6, 6.07) is 7.00. The van der Waals surface area contributed by atoms with Crippen molar-refractivity contribution in [1.29, 1.82) is 0 Å². The summed E-state index contributed by atoms with van der Waals surface area (Å²) < 4.78 is 1.15. The van der Waals surface area contributed by atoms with Gasteiger partial charge in [0.25, 0.3) is 0 Å². The molecule has 1 saturated carbocycles. The molecule has 1 N–H and O–H groups in total. The topological polar surface area (TPSA) is 35.6 Å². The molecule has 1 saturated heterocycles. The van der Waals surface area contributed by atoms with Gasteiger partial charge in [0, 0.05) is 42.4 Å². The standard InChI is InChI=1S/C19H28BrN3O/c1-15-8-9-17(14-18(15)20)22-10-12-23(13-11-22)19(24)21-16-6-4-2-3-5-7-16/h8-9,14,16H,2-7,10-13H2,1H3,(H,21,24). The van der Waals surface area contributed by atoms with Crippen LogP contribution in [-0.4, -0.2) is 43.2 Å². The number of amides is 2. The zero-order valence-electron chi connectivity index (χ0n) is 14.6. The largest absolute Gasteiger partial charge is 0.368 e. The summed E-state index contributed by atoms with van der Waals surface area (Å²) in [5.74, 6) is 0. The zero-order valence-corrected chi connectivity index (χ0v) is 16.1. The van der Waals surface area contributed by atoms with Crippen LogP contribution in [-0.2, 0) is 0 Å². The first-order valence-corrected chi connectivity index (χ1v) is 9.99. The predicted molar refractivity (Wildman–Crippen MR) is 103 cm³/mol. The van der Waals surface area contributed by atoms with Gasteiger partial charge in [0.05, 0.1) is 0 Å². The second kappa shape index (κ2) is 8.24. The van der Waals surface area contributed by atoms with Crippen LogP contribution in [0.5, 0.6) is 0 Å². The number of halogens is 1. The van der Waals surface area contributed by atoms with E-state index in [4.69, 9.17) is 0 Å².